The molecule has 1 amide bonds. The summed E-state index contributed by atoms with van der Waals surface area (Å²) in [5.74, 6) is -0.562. The Kier molecular flexibility index (Phi) is 4.62. The van der Waals surface area contributed by atoms with Gasteiger partial charge in [0.1, 0.15) is 5.56 Å². The first-order valence-corrected chi connectivity index (χ1v) is 5.12. The molecule has 0 saturated carbocycles. The molecule has 3 N–H and O–H groups in total. The average Bonchev–Trinajstić information content (AvgIpc) is 2.82. The molecule has 5 nitrogen and oxygen atoms in total. The van der Waals surface area contributed by atoms with Gasteiger partial charge in [-0.1, -0.05) is 0 Å². The second kappa shape index (κ2) is 5.97. The van der Waals surface area contributed by atoms with Gasteiger partial charge in [-0.25, -0.2) is 0 Å². The number of ketones is 1. The van der Waals surface area contributed by atoms with E-state index in [1.807, 2.05) is 0 Å². The first kappa shape index (κ1) is 13.9. The summed E-state index contributed by atoms with van der Waals surface area (Å²) in [5.41, 5.74) is 6.09. The lowest BCUT2D eigenvalue weighted by Crippen LogP contribution is -3.00. The number of halogens is 1. The van der Waals surface area contributed by atoms with E-state index in [2.05, 4.69) is 4.98 Å². The van der Waals surface area contributed by atoms with E-state index < -0.39 is 5.91 Å². The van der Waals surface area contributed by atoms with Gasteiger partial charge >= 0.3 is 0 Å². The molecule has 0 aliphatic carbocycles. The van der Waals surface area contributed by atoms with Crippen molar-refractivity contribution in [1.82, 2.24) is 4.98 Å². The molecule has 2 aromatic rings. The molecule has 0 aromatic carbocycles. The van der Waals surface area contributed by atoms with Crippen molar-refractivity contribution in [2.75, 3.05) is 0 Å². The van der Waals surface area contributed by atoms with E-state index in [0.29, 0.717) is 11.3 Å². The standard InChI is InChI=1S/C12H11N3O2.ClH/c13-12(17)9-3-2-6-15(7-9)8-11(16)10-4-1-5-14-10;/h1-7H,8H2,(H2-,13,14,16,17);1H. The van der Waals surface area contributed by atoms with Crippen molar-refractivity contribution < 1.29 is 26.6 Å². The van der Waals surface area contributed by atoms with Crippen molar-refractivity contribution in [2.45, 2.75) is 6.54 Å². The minimum Gasteiger partial charge on any atom is -1.00 e. The van der Waals surface area contributed by atoms with Crippen LogP contribution in [-0.4, -0.2) is 16.7 Å². The molecule has 0 bridgehead atoms. The Hall–Kier alpha value is -2.14. The van der Waals surface area contributed by atoms with Crippen molar-refractivity contribution in [2.24, 2.45) is 5.73 Å². The number of nitrogens with one attached hydrogen (secondary N) is 1. The Morgan fingerprint density at radius 2 is 2.06 bits per heavy atom. The van der Waals surface area contributed by atoms with Crippen LogP contribution < -0.4 is 22.7 Å². The number of nitrogens with zero attached hydrogens (tertiary/aromatic N) is 1. The predicted octanol–water partition coefficient (Wildman–Crippen LogP) is -2.71. The summed E-state index contributed by atoms with van der Waals surface area (Å²) >= 11 is 0. The Labute approximate surface area is 110 Å². The number of hydrogen-bond donors (Lipinski definition) is 2. The van der Waals surface area contributed by atoms with Gasteiger partial charge in [0.25, 0.3) is 5.91 Å². The minimum absolute atomic E-state index is 0. The number of Topliss-reactive ketones (excluding diaryl/α,β-unsaturated/α-hetero) is 1. The van der Waals surface area contributed by atoms with Crippen LogP contribution in [0.25, 0.3) is 0 Å². The second-order valence-electron chi connectivity index (χ2n) is 3.64. The Morgan fingerprint density at radius 1 is 1.28 bits per heavy atom. The van der Waals surface area contributed by atoms with Gasteiger partial charge in [-0.15, -0.1) is 0 Å². The fourth-order valence-electron chi connectivity index (χ4n) is 1.52. The van der Waals surface area contributed by atoms with Gasteiger partial charge < -0.3 is 23.1 Å². The van der Waals surface area contributed by atoms with Gasteiger partial charge in [-0.2, -0.15) is 4.57 Å². The van der Waals surface area contributed by atoms with Crippen LogP contribution in [0.2, 0.25) is 0 Å². The second-order valence-corrected chi connectivity index (χ2v) is 3.64. The molecule has 0 aliphatic rings. The molecule has 0 unspecified atom stereocenters. The highest BCUT2D eigenvalue weighted by Gasteiger charge is 2.14. The van der Waals surface area contributed by atoms with Gasteiger partial charge in [0.05, 0.1) is 5.69 Å². The molecule has 0 saturated heterocycles. The first-order valence-electron chi connectivity index (χ1n) is 5.12. The molecule has 18 heavy (non-hydrogen) atoms. The van der Waals surface area contributed by atoms with Gasteiger partial charge in [-0.3, -0.25) is 9.59 Å². The third-order valence-corrected chi connectivity index (χ3v) is 2.37. The van der Waals surface area contributed by atoms with Gasteiger partial charge in [0, 0.05) is 12.3 Å². The Bertz CT molecular complexity index is 552. The van der Waals surface area contributed by atoms with Crippen LogP contribution in [0.4, 0.5) is 0 Å². The van der Waals surface area contributed by atoms with E-state index in [-0.39, 0.29) is 24.7 Å². The first-order chi connectivity index (χ1) is 8.16. The third-order valence-electron chi connectivity index (χ3n) is 2.37. The molecule has 2 aromatic heterocycles. The van der Waals surface area contributed by atoms with Crippen molar-refractivity contribution >= 4 is 11.7 Å². The quantitative estimate of drug-likeness (QED) is 0.466. The molecule has 0 aliphatic heterocycles. The summed E-state index contributed by atoms with van der Waals surface area (Å²) in [6, 6.07) is 6.76. The maximum Gasteiger partial charge on any atom is 0.254 e. The fraction of sp³-hybridized carbons (Fsp3) is 0.0833. The van der Waals surface area contributed by atoms with E-state index in [1.54, 1.807) is 47.4 Å². The summed E-state index contributed by atoms with van der Waals surface area (Å²) in [6.45, 7) is 0.168. The molecular weight excluding hydrogens is 254 g/mol. The largest absolute Gasteiger partial charge is 1.00 e. The van der Waals surface area contributed by atoms with E-state index in [4.69, 9.17) is 5.73 Å². The van der Waals surface area contributed by atoms with E-state index in [0.717, 1.165) is 0 Å². The lowest BCUT2D eigenvalue weighted by molar-refractivity contribution is -0.683. The van der Waals surface area contributed by atoms with Crippen molar-refractivity contribution in [3.63, 3.8) is 0 Å². The van der Waals surface area contributed by atoms with E-state index >= 15 is 0 Å². The molecular formula is C12H12ClN3O2. The molecule has 2 rings (SSSR count). The Balaban J connectivity index is 0.00000162. The van der Waals surface area contributed by atoms with Crippen LogP contribution in [0.5, 0.6) is 0 Å². The lowest BCUT2D eigenvalue weighted by atomic mass is 10.2. The normalized spacial score (nSPS) is 9.56. The molecule has 0 radical (unpaired) electrons. The highest BCUT2D eigenvalue weighted by molar-refractivity contribution is 5.93. The topological polar surface area (TPSA) is 79.8 Å². The smallest absolute Gasteiger partial charge is 0.254 e. The highest BCUT2D eigenvalue weighted by Crippen LogP contribution is 1.97. The van der Waals surface area contributed by atoms with Crippen molar-refractivity contribution in [1.29, 1.82) is 0 Å². The SMILES string of the molecule is NC(=O)c1ccc[n+](CC(=O)c2ccc[nH]2)c1.[Cl-]. The number of hydrogen-bond acceptors (Lipinski definition) is 2. The summed E-state index contributed by atoms with van der Waals surface area (Å²) in [6.07, 6.45) is 4.97. The number of aromatic nitrogens is 2. The van der Waals surface area contributed by atoms with Gasteiger partial charge in [0.2, 0.25) is 12.3 Å². The van der Waals surface area contributed by atoms with Crippen LogP contribution in [0.3, 0.4) is 0 Å². The number of rotatable bonds is 4. The van der Waals surface area contributed by atoms with Crippen molar-refractivity contribution in [3.8, 4) is 0 Å². The Morgan fingerprint density at radius 3 is 2.67 bits per heavy atom. The zero-order chi connectivity index (χ0) is 12.3. The minimum atomic E-state index is -0.508. The number of primary amides is 1. The van der Waals surface area contributed by atoms with Crippen LogP contribution in [0, 0.1) is 0 Å². The van der Waals surface area contributed by atoms with Gasteiger partial charge in [-0.05, 0) is 18.2 Å². The summed E-state index contributed by atoms with van der Waals surface area (Å²) < 4.78 is 1.63. The van der Waals surface area contributed by atoms with E-state index in [9.17, 15) is 9.59 Å². The average molecular weight is 266 g/mol. The zero-order valence-electron chi connectivity index (χ0n) is 9.47. The number of pyridine rings is 1. The number of aromatic amines is 1. The summed E-state index contributed by atoms with van der Waals surface area (Å²) in [4.78, 5) is 25.6. The summed E-state index contributed by atoms with van der Waals surface area (Å²) in [7, 11) is 0. The van der Waals surface area contributed by atoms with E-state index in [1.165, 1.54) is 0 Å². The fourth-order valence-corrected chi connectivity index (χ4v) is 1.52. The molecule has 0 fully saturated rings. The summed E-state index contributed by atoms with van der Waals surface area (Å²) in [5, 5.41) is 0. The zero-order valence-corrected chi connectivity index (χ0v) is 10.2. The lowest BCUT2D eigenvalue weighted by Gasteiger charge is -1.97. The molecule has 0 spiro atoms. The number of carbonyl (C=O) groups excluding carboxylic acids is 2. The van der Waals surface area contributed by atoms with Gasteiger partial charge in [0.15, 0.2) is 12.4 Å². The van der Waals surface area contributed by atoms with Crippen LogP contribution in [0.1, 0.15) is 20.8 Å². The number of H-pyrrole nitrogens is 1. The maximum atomic E-state index is 11.8. The molecule has 94 valence electrons. The number of carbonyl (C=O) groups is 2. The predicted molar refractivity (Wildman–Crippen MR) is 60.3 cm³/mol. The van der Waals surface area contributed by atoms with Crippen LogP contribution in [-0.2, 0) is 6.54 Å². The molecule has 2 heterocycles. The molecule has 6 heteroatoms. The van der Waals surface area contributed by atoms with Crippen LogP contribution in [0.15, 0.2) is 42.9 Å². The highest BCUT2D eigenvalue weighted by atomic mass is 35.5. The van der Waals surface area contributed by atoms with Crippen LogP contribution >= 0.6 is 0 Å². The number of amides is 1. The van der Waals surface area contributed by atoms with Crippen molar-refractivity contribution in [3.05, 3.63) is 54.1 Å². The third kappa shape index (κ3) is 3.18. The maximum absolute atomic E-state index is 11.8. The monoisotopic (exact) mass is 265 g/mol. The molecule has 0 atom stereocenters. The number of nitrogens with two attached hydrogens (primary N) is 1.